The van der Waals surface area contributed by atoms with Crippen LogP contribution in [0.3, 0.4) is 0 Å². The van der Waals surface area contributed by atoms with Crippen molar-refractivity contribution in [2.75, 3.05) is 25.4 Å². The van der Waals surface area contributed by atoms with Gasteiger partial charge in [-0.05, 0) is 37.0 Å². The Morgan fingerprint density at radius 3 is 2.70 bits per heavy atom. The second-order valence-corrected chi connectivity index (χ2v) is 8.60. The molecule has 5 nitrogen and oxygen atoms in total. The van der Waals surface area contributed by atoms with Crippen molar-refractivity contribution < 1.29 is 18.3 Å². The van der Waals surface area contributed by atoms with Gasteiger partial charge in [0.1, 0.15) is 0 Å². The van der Waals surface area contributed by atoms with Crippen LogP contribution in [-0.2, 0) is 14.6 Å². The van der Waals surface area contributed by atoms with E-state index in [4.69, 9.17) is 23.2 Å². The first kappa shape index (κ1) is 18.5. The average Bonchev–Trinajstić information content (AvgIpc) is 2.55. The zero-order chi connectivity index (χ0) is 17.0. The van der Waals surface area contributed by atoms with Crippen molar-refractivity contribution >= 4 is 38.9 Å². The lowest BCUT2D eigenvalue weighted by molar-refractivity contribution is -0.132. The Labute approximate surface area is 146 Å². The maximum absolute atomic E-state index is 12.3. The van der Waals surface area contributed by atoms with E-state index in [9.17, 15) is 18.3 Å². The summed E-state index contributed by atoms with van der Waals surface area (Å²) in [7, 11) is -3.59. The Morgan fingerprint density at radius 1 is 1.30 bits per heavy atom. The second kappa shape index (κ2) is 7.83. The van der Waals surface area contributed by atoms with E-state index in [0.29, 0.717) is 13.1 Å². The lowest BCUT2D eigenvalue weighted by atomic mass is 9.99. The molecule has 1 unspecified atom stereocenters. The van der Waals surface area contributed by atoms with Gasteiger partial charge in [-0.3, -0.25) is 4.79 Å². The maximum atomic E-state index is 12.3. The highest BCUT2D eigenvalue weighted by Gasteiger charge is 2.25. The van der Waals surface area contributed by atoms with Crippen molar-refractivity contribution in [2.24, 2.45) is 5.92 Å². The zero-order valence-electron chi connectivity index (χ0n) is 12.5. The summed E-state index contributed by atoms with van der Waals surface area (Å²) >= 11 is 11.6. The molecule has 2 rings (SSSR count). The number of carbonyl (C=O) groups is 1. The van der Waals surface area contributed by atoms with Crippen LogP contribution in [0.1, 0.15) is 19.3 Å². The number of hydrogen-bond acceptors (Lipinski definition) is 4. The molecule has 1 aromatic carbocycles. The summed E-state index contributed by atoms with van der Waals surface area (Å²) in [5, 5.41) is 9.64. The van der Waals surface area contributed by atoms with Gasteiger partial charge in [-0.1, -0.05) is 23.2 Å². The Balaban J connectivity index is 1.98. The molecule has 1 aromatic rings. The fourth-order valence-electron chi connectivity index (χ4n) is 2.61. The van der Waals surface area contributed by atoms with Crippen LogP contribution in [0.2, 0.25) is 10.0 Å². The lowest BCUT2D eigenvalue weighted by Crippen LogP contribution is -2.41. The van der Waals surface area contributed by atoms with E-state index < -0.39 is 9.84 Å². The van der Waals surface area contributed by atoms with Gasteiger partial charge in [0.15, 0.2) is 9.84 Å². The van der Waals surface area contributed by atoms with Gasteiger partial charge in [0.2, 0.25) is 5.91 Å². The smallest absolute Gasteiger partial charge is 0.223 e. The van der Waals surface area contributed by atoms with E-state index in [2.05, 4.69) is 0 Å². The van der Waals surface area contributed by atoms with Crippen LogP contribution < -0.4 is 0 Å². The van der Waals surface area contributed by atoms with Crippen LogP contribution >= 0.6 is 23.2 Å². The summed E-state index contributed by atoms with van der Waals surface area (Å²) in [5.74, 6) is -0.393. The van der Waals surface area contributed by atoms with Crippen LogP contribution in [0.25, 0.3) is 0 Å². The molecule has 1 saturated heterocycles. The van der Waals surface area contributed by atoms with Gasteiger partial charge in [0.05, 0.1) is 20.7 Å². The summed E-state index contributed by atoms with van der Waals surface area (Å²) in [4.78, 5) is 13.9. The van der Waals surface area contributed by atoms with E-state index in [0.717, 1.165) is 12.8 Å². The molecule has 1 atom stereocenters. The second-order valence-electron chi connectivity index (χ2n) is 5.68. The number of nitrogens with zero attached hydrogens (tertiary/aromatic N) is 1. The van der Waals surface area contributed by atoms with Crippen LogP contribution in [-0.4, -0.2) is 49.8 Å². The molecule has 1 aliphatic heterocycles. The molecule has 8 heteroatoms. The number of carbonyl (C=O) groups excluding carboxylic acids is 1. The van der Waals surface area contributed by atoms with E-state index in [1.165, 1.54) is 18.2 Å². The third-order valence-electron chi connectivity index (χ3n) is 3.96. The molecule has 0 radical (unpaired) electrons. The highest BCUT2D eigenvalue weighted by Crippen LogP contribution is 2.26. The first-order valence-corrected chi connectivity index (χ1v) is 9.81. The van der Waals surface area contributed by atoms with Crippen LogP contribution in [0, 0.1) is 5.92 Å². The topological polar surface area (TPSA) is 74.7 Å². The Kier molecular flexibility index (Phi) is 6.31. The van der Waals surface area contributed by atoms with Crippen molar-refractivity contribution in [1.29, 1.82) is 0 Å². The monoisotopic (exact) mass is 379 g/mol. The van der Waals surface area contributed by atoms with E-state index in [1.807, 2.05) is 0 Å². The molecule has 23 heavy (non-hydrogen) atoms. The van der Waals surface area contributed by atoms with E-state index in [1.54, 1.807) is 4.90 Å². The fraction of sp³-hybridized carbons (Fsp3) is 0.533. The van der Waals surface area contributed by atoms with Gasteiger partial charge >= 0.3 is 0 Å². The molecular formula is C15H19Cl2NO4S. The number of piperidine rings is 1. The number of amides is 1. The highest BCUT2D eigenvalue weighted by molar-refractivity contribution is 7.91. The van der Waals surface area contributed by atoms with Crippen LogP contribution in [0.15, 0.2) is 23.1 Å². The number of hydrogen-bond donors (Lipinski definition) is 1. The minimum atomic E-state index is -3.59. The Hall–Kier alpha value is -0.820. The molecule has 128 valence electrons. The first-order chi connectivity index (χ1) is 10.8. The number of rotatable bonds is 5. The van der Waals surface area contributed by atoms with Gasteiger partial charge in [-0.2, -0.15) is 0 Å². The van der Waals surface area contributed by atoms with Crippen molar-refractivity contribution in [3.8, 4) is 0 Å². The quantitative estimate of drug-likeness (QED) is 0.851. The van der Waals surface area contributed by atoms with Crippen molar-refractivity contribution in [3.05, 3.63) is 28.2 Å². The van der Waals surface area contributed by atoms with Crippen molar-refractivity contribution in [1.82, 2.24) is 4.90 Å². The molecule has 1 N–H and O–H groups in total. The van der Waals surface area contributed by atoms with Crippen LogP contribution in [0.5, 0.6) is 0 Å². The van der Waals surface area contributed by atoms with Crippen LogP contribution in [0.4, 0.5) is 0 Å². The molecule has 1 amide bonds. The summed E-state index contributed by atoms with van der Waals surface area (Å²) in [6, 6.07) is 4.11. The molecule has 0 aliphatic carbocycles. The third kappa shape index (κ3) is 4.83. The lowest BCUT2D eigenvalue weighted by Gasteiger charge is -2.31. The predicted octanol–water partition coefficient (Wildman–Crippen LogP) is 2.39. The van der Waals surface area contributed by atoms with Gasteiger partial charge in [-0.25, -0.2) is 8.42 Å². The first-order valence-electron chi connectivity index (χ1n) is 7.40. The summed E-state index contributed by atoms with van der Waals surface area (Å²) in [6.07, 6.45) is 1.64. The molecule has 0 bridgehead atoms. The fourth-order valence-corrected chi connectivity index (χ4v) is 4.22. The predicted molar refractivity (Wildman–Crippen MR) is 89.5 cm³/mol. The third-order valence-corrected chi connectivity index (χ3v) is 6.42. The Morgan fingerprint density at radius 2 is 2.04 bits per heavy atom. The van der Waals surface area contributed by atoms with Gasteiger partial charge in [0, 0.05) is 26.1 Å². The van der Waals surface area contributed by atoms with Gasteiger partial charge in [-0.15, -0.1) is 0 Å². The summed E-state index contributed by atoms with van der Waals surface area (Å²) in [6.45, 7) is 1.15. The number of halogens is 2. The van der Waals surface area contributed by atoms with Gasteiger partial charge in [0.25, 0.3) is 0 Å². The van der Waals surface area contributed by atoms with Crippen molar-refractivity contribution in [3.63, 3.8) is 0 Å². The molecule has 0 aromatic heterocycles. The van der Waals surface area contributed by atoms with Gasteiger partial charge < -0.3 is 10.0 Å². The molecule has 1 fully saturated rings. The molecule has 0 saturated carbocycles. The Bertz CT molecular complexity index is 678. The zero-order valence-corrected chi connectivity index (χ0v) is 14.9. The maximum Gasteiger partial charge on any atom is 0.223 e. The summed E-state index contributed by atoms with van der Waals surface area (Å²) in [5.41, 5.74) is 0. The largest absolute Gasteiger partial charge is 0.396 e. The molecule has 0 spiro atoms. The van der Waals surface area contributed by atoms with E-state index >= 15 is 0 Å². The summed E-state index contributed by atoms with van der Waals surface area (Å²) < 4.78 is 24.6. The average molecular weight is 380 g/mol. The SMILES string of the molecule is O=C(CCS(=O)(=O)c1ccc(Cl)c(Cl)c1)N1CCCC(CO)C1. The molecule has 1 aliphatic rings. The number of aliphatic hydroxyl groups excluding tert-OH is 1. The number of likely N-dealkylation sites (tertiary alicyclic amines) is 1. The van der Waals surface area contributed by atoms with Crippen molar-refractivity contribution in [2.45, 2.75) is 24.2 Å². The minimum Gasteiger partial charge on any atom is -0.396 e. The normalized spacial score (nSPS) is 18.9. The molecular weight excluding hydrogens is 361 g/mol. The number of aliphatic hydroxyl groups is 1. The minimum absolute atomic E-state index is 0.0470. The number of benzene rings is 1. The number of sulfone groups is 1. The van der Waals surface area contributed by atoms with E-state index in [-0.39, 0.29) is 45.5 Å². The standard InChI is InChI=1S/C15H19Cl2NO4S/c16-13-4-3-12(8-14(13)17)23(21,22)7-5-15(20)18-6-1-2-11(9-18)10-19/h3-4,8,11,19H,1-2,5-7,9-10H2. The molecule has 1 heterocycles. The highest BCUT2D eigenvalue weighted by atomic mass is 35.5.